The van der Waals surface area contributed by atoms with Gasteiger partial charge in [-0.2, -0.15) is 0 Å². The van der Waals surface area contributed by atoms with Crippen LogP contribution in [0.2, 0.25) is 0 Å². The minimum Gasteiger partial charge on any atom is -0.497 e. The summed E-state index contributed by atoms with van der Waals surface area (Å²) in [5, 5.41) is 0. The molecule has 3 heteroatoms. The molecule has 0 atom stereocenters. The summed E-state index contributed by atoms with van der Waals surface area (Å²) < 4.78 is 11.6. The molecule has 1 rings (SSSR count). The van der Waals surface area contributed by atoms with Crippen molar-refractivity contribution in [3.05, 3.63) is 34.8 Å². The Morgan fingerprint density at radius 1 is 1.47 bits per heavy atom. The lowest BCUT2D eigenvalue weighted by Gasteiger charge is -2.09. The third-order valence-corrected chi connectivity index (χ3v) is 2.55. The first-order valence-electron chi connectivity index (χ1n) is 4.74. The minimum atomic E-state index is 0.653. The Bertz CT molecular complexity index is 347. The van der Waals surface area contributed by atoms with Crippen molar-refractivity contribution in [3.63, 3.8) is 0 Å². The standard InChI is InChI=1S/C12H15BrO2/c1-9(2)6-7-15-12-5-4-10(14-3)8-11(12)13/h4-5,8H,1,6-7H2,2-3H3. The molecule has 0 radical (unpaired) electrons. The zero-order chi connectivity index (χ0) is 11.3. The van der Waals surface area contributed by atoms with Crippen molar-refractivity contribution in [1.29, 1.82) is 0 Å². The first-order chi connectivity index (χ1) is 7.13. The largest absolute Gasteiger partial charge is 0.497 e. The second kappa shape index (κ2) is 5.81. The van der Waals surface area contributed by atoms with Gasteiger partial charge in [-0.15, -0.1) is 6.58 Å². The van der Waals surface area contributed by atoms with E-state index in [0.29, 0.717) is 6.61 Å². The average Bonchev–Trinajstić information content (AvgIpc) is 2.20. The Kier molecular flexibility index (Phi) is 4.69. The highest BCUT2D eigenvalue weighted by Crippen LogP contribution is 2.29. The van der Waals surface area contributed by atoms with E-state index in [2.05, 4.69) is 22.5 Å². The van der Waals surface area contributed by atoms with E-state index in [0.717, 1.165) is 28.0 Å². The molecule has 1 aromatic carbocycles. The van der Waals surface area contributed by atoms with Crippen molar-refractivity contribution < 1.29 is 9.47 Å². The van der Waals surface area contributed by atoms with Crippen molar-refractivity contribution in [2.24, 2.45) is 0 Å². The summed E-state index contributed by atoms with van der Waals surface area (Å²) in [5.41, 5.74) is 1.12. The van der Waals surface area contributed by atoms with E-state index in [1.54, 1.807) is 7.11 Å². The predicted molar refractivity (Wildman–Crippen MR) is 65.6 cm³/mol. The van der Waals surface area contributed by atoms with Gasteiger partial charge in [0, 0.05) is 6.42 Å². The smallest absolute Gasteiger partial charge is 0.133 e. The zero-order valence-electron chi connectivity index (χ0n) is 9.05. The normalized spacial score (nSPS) is 9.80. The number of benzene rings is 1. The van der Waals surface area contributed by atoms with Crippen LogP contribution in [0.3, 0.4) is 0 Å². The molecule has 0 aromatic heterocycles. The van der Waals surface area contributed by atoms with Gasteiger partial charge in [0.05, 0.1) is 18.2 Å². The molecule has 0 aliphatic rings. The first kappa shape index (κ1) is 12.1. The molecule has 0 aliphatic carbocycles. The molecule has 0 bridgehead atoms. The van der Waals surface area contributed by atoms with Crippen LogP contribution in [-0.4, -0.2) is 13.7 Å². The summed E-state index contributed by atoms with van der Waals surface area (Å²) in [5.74, 6) is 1.64. The molecule has 0 saturated heterocycles. The van der Waals surface area contributed by atoms with Gasteiger partial charge in [0.1, 0.15) is 11.5 Å². The average molecular weight is 271 g/mol. The SMILES string of the molecule is C=C(C)CCOc1ccc(OC)cc1Br. The van der Waals surface area contributed by atoms with Crippen molar-refractivity contribution in [3.8, 4) is 11.5 Å². The van der Waals surface area contributed by atoms with Gasteiger partial charge >= 0.3 is 0 Å². The second-order valence-electron chi connectivity index (χ2n) is 3.35. The van der Waals surface area contributed by atoms with Crippen molar-refractivity contribution >= 4 is 15.9 Å². The monoisotopic (exact) mass is 270 g/mol. The van der Waals surface area contributed by atoms with Crippen molar-refractivity contribution in [1.82, 2.24) is 0 Å². The molecule has 15 heavy (non-hydrogen) atoms. The van der Waals surface area contributed by atoms with Crippen molar-refractivity contribution in [2.45, 2.75) is 13.3 Å². The summed E-state index contributed by atoms with van der Waals surface area (Å²) in [7, 11) is 1.64. The number of rotatable bonds is 5. The summed E-state index contributed by atoms with van der Waals surface area (Å²) in [6.07, 6.45) is 0.873. The zero-order valence-corrected chi connectivity index (χ0v) is 10.6. The molecule has 0 N–H and O–H groups in total. The topological polar surface area (TPSA) is 18.5 Å². The van der Waals surface area contributed by atoms with Gasteiger partial charge in [0.25, 0.3) is 0 Å². The Balaban J connectivity index is 2.58. The van der Waals surface area contributed by atoms with E-state index < -0.39 is 0 Å². The van der Waals surface area contributed by atoms with E-state index in [1.165, 1.54) is 0 Å². The van der Waals surface area contributed by atoms with Gasteiger partial charge in [-0.1, -0.05) is 5.57 Å². The second-order valence-corrected chi connectivity index (χ2v) is 4.21. The molecule has 0 aliphatic heterocycles. The fraction of sp³-hybridized carbons (Fsp3) is 0.333. The lowest BCUT2D eigenvalue weighted by atomic mass is 10.2. The molecule has 0 heterocycles. The van der Waals surface area contributed by atoms with Crippen LogP contribution in [0, 0.1) is 0 Å². The minimum absolute atomic E-state index is 0.653. The predicted octanol–water partition coefficient (Wildman–Crippen LogP) is 3.80. The van der Waals surface area contributed by atoms with Gasteiger partial charge in [0.15, 0.2) is 0 Å². The Morgan fingerprint density at radius 3 is 2.73 bits per heavy atom. The number of halogens is 1. The Morgan fingerprint density at radius 2 is 2.20 bits per heavy atom. The highest BCUT2D eigenvalue weighted by molar-refractivity contribution is 9.10. The fourth-order valence-electron chi connectivity index (χ4n) is 1.06. The lowest BCUT2D eigenvalue weighted by Crippen LogP contribution is -1.98. The van der Waals surface area contributed by atoms with Gasteiger partial charge in [-0.3, -0.25) is 0 Å². The van der Waals surface area contributed by atoms with Gasteiger partial charge in [0.2, 0.25) is 0 Å². The maximum absolute atomic E-state index is 5.58. The van der Waals surface area contributed by atoms with Gasteiger partial charge in [-0.05, 0) is 41.1 Å². The van der Waals surface area contributed by atoms with E-state index in [9.17, 15) is 0 Å². The molecule has 0 spiro atoms. The number of methoxy groups -OCH3 is 1. The molecule has 2 nitrogen and oxygen atoms in total. The number of ether oxygens (including phenoxy) is 2. The van der Waals surface area contributed by atoms with Crippen LogP contribution >= 0.6 is 15.9 Å². The summed E-state index contributed by atoms with van der Waals surface area (Å²) >= 11 is 3.43. The van der Waals surface area contributed by atoms with Gasteiger partial charge < -0.3 is 9.47 Å². The summed E-state index contributed by atoms with van der Waals surface area (Å²) in [4.78, 5) is 0. The van der Waals surface area contributed by atoms with Crippen LogP contribution in [-0.2, 0) is 0 Å². The van der Waals surface area contributed by atoms with Crippen LogP contribution in [0.25, 0.3) is 0 Å². The molecule has 1 aromatic rings. The third-order valence-electron chi connectivity index (χ3n) is 1.93. The molecule has 82 valence electrons. The summed E-state index contributed by atoms with van der Waals surface area (Å²) in [6, 6.07) is 5.65. The van der Waals surface area contributed by atoms with E-state index >= 15 is 0 Å². The first-order valence-corrected chi connectivity index (χ1v) is 5.53. The molecular formula is C12H15BrO2. The van der Waals surface area contributed by atoms with Crippen LogP contribution < -0.4 is 9.47 Å². The van der Waals surface area contributed by atoms with Crippen LogP contribution in [0.5, 0.6) is 11.5 Å². The van der Waals surface area contributed by atoms with E-state index in [-0.39, 0.29) is 0 Å². The Labute approximate surface area is 99.0 Å². The molecule has 0 unspecified atom stereocenters. The third kappa shape index (κ3) is 3.96. The van der Waals surface area contributed by atoms with E-state index in [4.69, 9.17) is 9.47 Å². The highest BCUT2D eigenvalue weighted by Gasteiger charge is 2.02. The number of hydrogen-bond acceptors (Lipinski definition) is 2. The quantitative estimate of drug-likeness (QED) is 0.758. The van der Waals surface area contributed by atoms with Crippen molar-refractivity contribution in [2.75, 3.05) is 13.7 Å². The summed E-state index contributed by atoms with van der Waals surface area (Å²) in [6.45, 7) is 6.47. The Hall–Kier alpha value is -0.960. The van der Waals surface area contributed by atoms with Gasteiger partial charge in [-0.25, -0.2) is 0 Å². The highest BCUT2D eigenvalue weighted by atomic mass is 79.9. The molecule has 0 fully saturated rings. The molecule has 0 amide bonds. The maximum Gasteiger partial charge on any atom is 0.133 e. The van der Waals surface area contributed by atoms with Crippen LogP contribution in [0.1, 0.15) is 13.3 Å². The fourth-order valence-corrected chi connectivity index (χ4v) is 1.53. The number of hydrogen-bond donors (Lipinski definition) is 0. The van der Waals surface area contributed by atoms with Crippen LogP contribution in [0.15, 0.2) is 34.8 Å². The van der Waals surface area contributed by atoms with Crippen LogP contribution in [0.4, 0.5) is 0 Å². The molecule has 0 saturated carbocycles. The lowest BCUT2D eigenvalue weighted by molar-refractivity contribution is 0.319. The maximum atomic E-state index is 5.58. The molecular weight excluding hydrogens is 256 g/mol. The van der Waals surface area contributed by atoms with E-state index in [1.807, 2.05) is 25.1 Å².